The Balaban J connectivity index is 0.971. The molecule has 66 heavy (non-hydrogen) atoms. The Bertz CT molecular complexity index is 1940. The highest BCUT2D eigenvalue weighted by molar-refractivity contribution is 5.91. The van der Waals surface area contributed by atoms with Crippen molar-refractivity contribution in [3.63, 3.8) is 0 Å². The van der Waals surface area contributed by atoms with Gasteiger partial charge >= 0.3 is 23.9 Å². The first kappa shape index (κ1) is 50.6. The van der Waals surface area contributed by atoms with Crippen molar-refractivity contribution in [3.8, 4) is 34.3 Å². The van der Waals surface area contributed by atoms with E-state index in [1.807, 2.05) is 0 Å². The number of hydrogen-bond acceptors (Lipinski definition) is 14. The number of hydrogen-bond donors (Lipinski definition) is 0. The summed E-state index contributed by atoms with van der Waals surface area (Å²) in [5.74, 6) is 0.496. The third-order valence-corrected chi connectivity index (χ3v) is 11.1. The van der Waals surface area contributed by atoms with Crippen molar-refractivity contribution in [2.75, 3.05) is 26.4 Å². The lowest BCUT2D eigenvalue weighted by molar-refractivity contribution is -0.138. The van der Waals surface area contributed by atoms with Gasteiger partial charge in [0.05, 0.1) is 62.3 Å². The van der Waals surface area contributed by atoms with Crippen LogP contribution in [0.25, 0.3) is 22.8 Å². The van der Waals surface area contributed by atoms with Gasteiger partial charge in [0.2, 0.25) is 0 Å². The Morgan fingerprint density at radius 1 is 0.470 bits per heavy atom. The Morgan fingerprint density at radius 3 is 1.12 bits per heavy atom. The van der Waals surface area contributed by atoms with Crippen LogP contribution in [0.3, 0.4) is 0 Å². The van der Waals surface area contributed by atoms with E-state index in [2.05, 4.69) is 33.1 Å². The molecule has 1 fully saturated rings. The third-order valence-electron chi connectivity index (χ3n) is 11.1. The van der Waals surface area contributed by atoms with Gasteiger partial charge in [-0.25, -0.2) is 39.1 Å². The molecule has 2 aromatic heterocycles. The largest absolute Gasteiger partial charge is 0.490 e. The lowest BCUT2D eigenvalue weighted by atomic mass is 9.94. The number of esters is 4. The average molecular weight is 905 g/mol. The quantitative estimate of drug-likeness (QED) is 0.0209. The normalized spacial score (nSPS) is 14.4. The van der Waals surface area contributed by atoms with Crippen molar-refractivity contribution in [2.24, 2.45) is 0 Å². The maximum atomic E-state index is 13.3. The van der Waals surface area contributed by atoms with Gasteiger partial charge in [-0.2, -0.15) is 0 Å². The first-order valence-electron chi connectivity index (χ1n) is 23.4. The molecule has 2 atom stereocenters. The molecule has 14 nitrogen and oxygen atoms in total. The summed E-state index contributed by atoms with van der Waals surface area (Å²) < 4.78 is 33.5. The summed E-state index contributed by atoms with van der Waals surface area (Å²) in [5.41, 5.74) is 2.24. The minimum absolute atomic E-state index is 0.369. The lowest BCUT2D eigenvalue weighted by Crippen LogP contribution is -2.37. The second kappa shape index (κ2) is 29.2. The number of carbonyl (C=O) groups is 4. The van der Waals surface area contributed by atoms with Crippen molar-refractivity contribution in [1.29, 1.82) is 0 Å². The molecule has 1 aliphatic rings. The molecule has 1 saturated carbocycles. The minimum atomic E-state index is -0.565. The molecule has 0 aliphatic heterocycles. The van der Waals surface area contributed by atoms with Crippen LogP contribution in [-0.2, 0) is 28.5 Å². The topological polar surface area (TPSA) is 175 Å². The summed E-state index contributed by atoms with van der Waals surface area (Å²) in [5, 5.41) is 0. The monoisotopic (exact) mass is 904 g/mol. The zero-order chi connectivity index (χ0) is 46.6. The molecule has 0 spiro atoms. The summed E-state index contributed by atoms with van der Waals surface area (Å²) in [6.45, 7) is 8.84. The Labute approximate surface area is 388 Å². The number of benzene rings is 2. The Hall–Kier alpha value is -6.44. The van der Waals surface area contributed by atoms with Crippen LogP contribution in [0.5, 0.6) is 11.5 Å². The summed E-state index contributed by atoms with van der Waals surface area (Å²) in [6, 6.07) is 13.8. The van der Waals surface area contributed by atoms with Crippen molar-refractivity contribution >= 4 is 23.9 Å². The van der Waals surface area contributed by atoms with E-state index in [1.54, 1.807) is 73.3 Å². The van der Waals surface area contributed by atoms with Crippen LogP contribution in [-0.4, -0.2) is 82.4 Å². The molecule has 0 bridgehead atoms. The predicted octanol–water partition coefficient (Wildman–Crippen LogP) is 10.6. The zero-order valence-electron chi connectivity index (χ0n) is 38.1. The van der Waals surface area contributed by atoms with Gasteiger partial charge in [-0.05, 0) is 75.6 Å². The van der Waals surface area contributed by atoms with Crippen LogP contribution in [0.1, 0.15) is 136 Å². The number of carbonyl (C=O) groups excluding carboxylic acids is 4. The van der Waals surface area contributed by atoms with Crippen LogP contribution in [0, 0.1) is 0 Å². The van der Waals surface area contributed by atoms with Gasteiger partial charge in [0.25, 0.3) is 0 Å². The molecule has 0 N–H and O–H groups in total. The fourth-order valence-electron chi connectivity index (χ4n) is 7.35. The van der Waals surface area contributed by atoms with Crippen LogP contribution < -0.4 is 9.47 Å². The van der Waals surface area contributed by atoms with E-state index in [0.29, 0.717) is 73.5 Å². The van der Waals surface area contributed by atoms with Gasteiger partial charge < -0.3 is 28.4 Å². The van der Waals surface area contributed by atoms with Gasteiger partial charge in [-0.15, -0.1) is 0 Å². The molecule has 0 unspecified atom stereocenters. The number of ether oxygens (including phenoxy) is 6. The van der Waals surface area contributed by atoms with Crippen LogP contribution in [0.2, 0.25) is 0 Å². The molecule has 14 heteroatoms. The first-order chi connectivity index (χ1) is 32.3. The molecule has 5 rings (SSSR count). The zero-order valence-corrected chi connectivity index (χ0v) is 38.1. The van der Waals surface area contributed by atoms with Crippen molar-refractivity contribution in [1.82, 2.24) is 19.9 Å². The second-order valence-corrected chi connectivity index (χ2v) is 16.2. The van der Waals surface area contributed by atoms with E-state index in [9.17, 15) is 19.2 Å². The van der Waals surface area contributed by atoms with E-state index >= 15 is 0 Å². The minimum Gasteiger partial charge on any atom is -0.490 e. The molecule has 0 radical (unpaired) electrons. The van der Waals surface area contributed by atoms with Gasteiger partial charge in [-0.1, -0.05) is 102 Å². The van der Waals surface area contributed by atoms with E-state index in [0.717, 1.165) is 114 Å². The standard InChI is InChI=1S/C52H64N4O10/c1-3-47(57)63-33-19-13-9-5-7-11-17-31-61-43-35-53-49(54-36-43)39-23-27-41(28-24-39)51(59)65-45-21-15-16-22-46(45)66-52(60)42-29-25-40(26-30-42)50-55-37-44(38-56-50)62-32-18-12-8-6-10-14-20-34-64-48(58)4-2/h3-4,23-30,35-38,45-46H,1-2,5-22,31-34H2/t45-,46-/m1/s1. The van der Waals surface area contributed by atoms with Gasteiger partial charge in [-0.3, -0.25) is 0 Å². The van der Waals surface area contributed by atoms with E-state index in [1.165, 1.54) is 12.2 Å². The van der Waals surface area contributed by atoms with Gasteiger partial charge in [0.1, 0.15) is 12.2 Å². The van der Waals surface area contributed by atoms with E-state index < -0.39 is 24.1 Å². The molecule has 4 aromatic rings. The van der Waals surface area contributed by atoms with Gasteiger partial charge in [0, 0.05) is 23.3 Å². The number of aromatic nitrogens is 4. The first-order valence-corrected chi connectivity index (χ1v) is 23.4. The third kappa shape index (κ3) is 18.2. The Kier molecular flexibility index (Phi) is 22.3. The maximum Gasteiger partial charge on any atom is 0.338 e. The Morgan fingerprint density at radius 2 is 0.788 bits per heavy atom. The van der Waals surface area contributed by atoms with Crippen LogP contribution in [0.15, 0.2) is 98.6 Å². The van der Waals surface area contributed by atoms with Crippen LogP contribution >= 0.6 is 0 Å². The second-order valence-electron chi connectivity index (χ2n) is 16.2. The molecule has 352 valence electrons. The van der Waals surface area contributed by atoms with Crippen molar-refractivity contribution < 1.29 is 47.6 Å². The molecule has 1 aliphatic carbocycles. The summed E-state index contributed by atoms with van der Waals surface area (Å²) >= 11 is 0. The molecule has 0 amide bonds. The predicted molar refractivity (Wildman–Crippen MR) is 250 cm³/mol. The maximum absolute atomic E-state index is 13.3. The van der Waals surface area contributed by atoms with Crippen LogP contribution in [0.4, 0.5) is 0 Å². The SMILES string of the molecule is C=CC(=O)OCCCCCCCCCOc1cnc(-c2ccc(C(=O)O[C@@H]3CCCC[C@H]3OC(=O)c3ccc(-c4ncc(OCCCCCCCCCOC(=O)C=C)cn4)cc3)cc2)nc1. The summed E-state index contributed by atoms with van der Waals surface area (Å²) in [6.07, 6.45) is 25.3. The average Bonchev–Trinajstić information content (AvgIpc) is 3.35. The summed E-state index contributed by atoms with van der Waals surface area (Å²) in [7, 11) is 0. The fraction of sp³-hybridized carbons (Fsp3) is 0.462. The fourth-order valence-corrected chi connectivity index (χ4v) is 7.35. The number of nitrogens with zero attached hydrogens (tertiary/aromatic N) is 4. The number of unbranched alkanes of at least 4 members (excludes halogenated alkanes) is 12. The number of rotatable bonds is 30. The molecular formula is C52H64N4O10. The molecule has 2 aromatic carbocycles. The smallest absolute Gasteiger partial charge is 0.338 e. The summed E-state index contributed by atoms with van der Waals surface area (Å²) in [4.78, 5) is 66.5. The molecular weight excluding hydrogens is 841 g/mol. The molecule has 2 heterocycles. The molecule has 0 saturated heterocycles. The van der Waals surface area contributed by atoms with Gasteiger partial charge in [0.15, 0.2) is 23.1 Å². The highest BCUT2D eigenvalue weighted by atomic mass is 16.6. The highest BCUT2D eigenvalue weighted by Gasteiger charge is 2.32. The highest BCUT2D eigenvalue weighted by Crippen LogP contribution is 2.27. The lowest BCUT2D eigenvalue weighted by Gasteiger charge is -2.30. The van der Waals surface area contributed by atoms with Crippen molar-refractivity contribution in [2.45, 2.75) is 128 Å². The van der Waals surface area contributed by atoms with Crippen molar-refractivity contribution in [3.05, 3.63) is 110 Å². The van der Waals surface area contributed by atoms with E-state index in [-0.39, 0.29) is 11.9 Å². The van der Waals surface area contributed by atoms with E-state index in [4.69, 9.17) is 28.4 Å².